The van der Waals surface area contributed by atoms with Gasteiger partial charge in [-0.25, -0.2) is 9.78 Å². The fourth-order valence-corrected chi connectivity index (χ4v) is 4.15. The number of hydrogen-bond donors (Lipinski definition) is 2. The lowest BCUT2D eigenvalue weighted by Crippen LogP contribution is -2.54. The van der Waals surface area contributed by atoms with Crippen LogP contribution in [0.4, 0.5) is 10.7 Å². The molecule has 168 valence electrons. The zero-order valence-corrected chi connectivity index (χ0v) is 18.8. The van der Waals surface area contributed by atoms with Gasteiger partial charge in [0.15, 0.2) is 0 Å². The number of rotatable bonds is 8. The third-order valence-electron chi connectivity index (χ3n) is 6.23. The van der Waals surface area contributed by atoms with Crippen molar-refractivity contribution in [1.82, 2.24) is 20.2 Å². The molecule has 0 unspecified atom stereocenters. The smallest absolute Gasteiger partial charge is 0.324 e. The molecule has 0 bridgehead atoms. The molecule has 32 heavy (non-hydrogen) atoms. The molecule has 2 heterocycles. The van der Waals surface area contributed by atoms with Crippen molar-refractivity contribution in [3.05, 3.63) is 60.2 Å². The quantitative estimate of drug-likeness (QED) is 0.531. The van der Waals surface area contributed by atoms with E-state index in [0.717, 1.165) is 30.3 Å². The Morgan fingerprint density at radius 3 is 2.59 bits per heavy atom. The SMILES string of the molecule is CC[C@@H](C)[C@H](NC(=O)N1CCn2c1nc1ccccc12)C(=O)NCCCc1ccccc1. The molecule has 7 nitrogen and oxygen atoms in total. The zero-order valence-electron chi connectivity index (χ0n) is 18.8. The van der Waals surface area contributed by atoms with E-state index < -0.39 is 6.04 Å². The Morgan fingerprint density at radius 2 is 1.81 bits per heavy atom. The van der Waals surface area contributed by atoms with E-state index in [-0.39, 0.29) is 17.9 Å². The molecule has 3 amide bonds. The molecule has 0 saturated heterocycles. The summed E-state index contributed by atoms with van der Waals surface area (Å²) in [6.45, 7) is 5.85. The standard InChI is InChI=1S/C25H31N5O2/c1-3-18(2)22(23(31)26-15-9-12-19-10-5-4-6-11-19)28-25(32)30-17-16-29-21-14-8-7-13-20(21)27-24(29)30/h4-8,10-11,13-14,18,22H,3,9,12,15-17H2,1-2H3,(H,26,31)(H,28,32)/t18-,22+/m1/s1. The van der Waals surface area contributed by atoms with Crippen LogP contribution in [0.1, 0.15) is 32.3 Å². The maximum absolute atomic E-state index is 13.1. The van der Waals surface area contributed by atoms with E-state index in [1.807, 2.05) is 56.3 Å². The first-order valence-corrected chi connectivity index (χ1v) is 11.4. The minimum Gasteiger partial charge on any atom is -0.354 e. The van der Waals surface area contributed by atoms with Gasteiger partial charge in [-0.1, -0.05) is 62.7 Å². The molecule has 2 aromatic carbocycles. The molecule has 1 aliphatic heterocycles. The molecule has 2 atom stereocenters. The van der Waals surface area contributed by atoms with Crippen molar-refractivity contribution >= 4 is 28.9 Å². The number of nitrogens with one attached hydrogen (secondary N) is 2. The summed E-state index contributed by atoms with van der Waals surface area (Å²) in [7, 11) is 0. The van der Waals surface area contributed by atoms with Gasteiger partial charge in [-0.15, -0.1) is 0 Å². The number of anilines is 1. The largest absolute Gasteiger partial charge is 0.354 e. The van der Waals surface area contributed by atoms with E-state index in [1.165, 1.54) is 5.56 Å². The summed E-state index contributed by atoms with van der Waals surface area (Å²) in [4.78, 5) is 32.3. The highest BCUT2D eigenvalue weighted by atomic mass is 16.2. The van der Waals surface area contributed by atoms with Crippen LogP contribution >= 0.6 is 0 Å². The van der Waals surface area contributed by atoms with Gasteiger partial charge in [-0.2, -0.15) is 0 Å². The summed E-state index contributed by atoms with van der Waals surface area (Å²) < 4.78 is 2.05. The molecule has 2 N–H and O–H groups in total. The number of amides is 3. The molecule has 0 saturated carbocycles. The number of hydrogen-bond acceptors (Lipinski definition) is 3. The van der Waals surface area contributed by atoms with E-state index in [2.05, 4.69) is 32.3 Å². The lowest BCUT2D eigenvalue weighted by Gasteiger charge is -2.26. The van der Waals surface area contributed by atoms with Gasteiger partial charge in [0.1, 0.15) is 6.04 Å². The zero-order chi connectivity index (χ0) is 22.5. The number of imidazole rings is 1. The number of para-hydroxylation sites is 2. The first-order valence-electron chi connectivity index (χ1n) is 11.4. The fraction of sp³-hybridized carbons (Fsp3) is 0.400. The van der Waals surface area contributed by atoms with Crippen molar-refractivity contribution in [1.29, 1.82) is 0 Å². The van der Waals surface area contributed by atoms with Crippen molar-refractivity contribution in [2.24, 2.45) is 5.92 Å². The average molecular weight is 434 g/mol. The summed E-state index contributed by atoms with van der Waals surface area (Å²) >= 11 is 0. The summed E-state index contributed by atoms with van der Waals surface area (Å²) in [5.41, 5.74) is 3.15. The second kappa shape index (κ2) is 9.85. The second-order valence-corrected chi connectivity index (χ2v) is 8.40. The molecular weight excluding hydrogens is 402 g/mol. The van der Waals surface area contributed by atoms with Crippen molar-refractivity contribution in [3.63, 3.8) is 0 Å². The van der Waals surface area contributed by atoms with E-state index >= 15 is 0 Å². The van der Waals surface area contributed by atoms with Gasteiger partial charge in [-0.3, -0.25) is 9.69 Å². The Hall–Kier alpha value is -3.35. The van der Waals surface area contributed by atoms with Gasteiger partial charge >= 0.3 is 6.03 Å². The lowest BCUT2D eigenvalue weighted by molar-refractivity contribution is -0.124. The van der Waals surface area contributed by atoms with Crippen LogP contribution in [0.2, 0.25) is 0 Å². The van der Waals surface area contributed by atoms with E-state index in [4.69, 9.17) is 0 Å². The second-order valence-electron chi connectivity index (χ2n) is 8.40. The van der Waals surface area contributed by atoms with Crippen molar-refractivity contribution in [2.75, 3.05) is 18.0 Å². The Balaban J connectivity index is 1.37. The number of carbonyl (C=O) groups is 2. The predicted octanol–water partition coefficient (Wildman–Crippen LogP) is 3.73. The summed E-state index contributed by atoms with van der Waals surface area (Å²) in [5.74, 6) is 0.526. The molecule has 7 heteroatoms. The number of benzene rings is 2. The maximum atomic E-state index is 13.1. The van der Waals surface area contributed by atoms with Crippen LogP contribution in [-0.4, -0.2) is 40.6 Å². The molecule has 0 radical (unpaired) electrons. The first kappa shape index (κ1) is 21.9. The van der Waals surface area contributed by atoms with E-state index in [1.54, 1.807) is 4.90 Å². The Kier molecular flexibility index (Phi) is 6.73. The molecule has 0 aliphatic carbocycles. The van der Waals surface area contributed by atoms with Gasteiger partial charge in [-0.05, 0) is 36.5 Å². The van der Waals surface area contributed by atoms with Crippen LogP contribution < -0.4 is 15.5 Å². The van der Waals surface area contributed by atoms with Gasteiger partial charge in [0, 0.05) is 19.6 Å². The molecular formula is C25H31N5O2. The van der Waals surface area contributed by atoms with Crippen LogP contribution in [0.25, 0.3) is 11.0 Å². The number of fused-ring (bicyclic) bond motifs is 3. The fourth-order valence-electron chi connectivity index (χ4n) is 4.15. The van der Waals surface area contributed by atoms with E-state index in [0.29, 0.717) is 25.6 Å². The Bertz CT molecular complexity index is 1080. The highest BCUT2D eigenvalue weighted by Gasteiger charge is 2.32. The number of urea groups is 1. The number of aryl methyl sites for hydroxylation is 1. The molecule has 1 aromatic heterocycles. The van der Waals surface area contributed by atoms with Gasteiger partial charge in [0.25, 0.3) is 0 Å². The van der Waals surface area contributed by atoms with Crippen LogP contribution in [-0.2, 0) is 17.8 Å². The monoisotopic (exact) mass is 433 g/mol. The maximum Gasteiger partial charge on any atom is 0.324 e. The number of aromatic nitrogens is 2. The van der Waals surface area contributed by atoms with Crippen LogP contribution in [0, 0.1) is 5.92 Å². The number of nitrogens with zero attached hydrogens (tertiary/aromatic N) is 3. The summed E-state index contributed by atoms with van der Waals surface area (Å²) in [6.07, 6.45) is 2.56. The Labute approximate surface area is 188 Å². The van der Waals surface area contributed by atoms with Crippen LogP contribution in [0.3, 0.4) is 0 Å². The molecule has 0 fully saturated rings. The first-order chi connectivity index (χ1) is 15.6. The minimum atomic E-state index is -0.581. The molecule has 0 spiro atoms. The third-order valence-corrected chi connectivity index (χ3v) is 6.23. The van der Waals surface area contributed by atoms with Crippen molar-refractivity contribution in [3.8, 4) is 0 Å². The van der Waals surface area contributed by atoms with Crippen LogP contribution in [0.5, 0.6) is 0 Å². The topological polar surface area (TPSA) is 79.3 Å². The molecule has 1 aliphatic rings. The summed E-state index contributed by atoms with van der Waals surface area (Å²) in [5, 5.41) is 5.99. The highest BCUT2D eigenvalue weighted by Crippen LogP contribution is 2.27. The Morgan fingerprint density at radius 1 is 1.06 bits per heavy atom. The van der Waals surface area contributed by atoms with Crippen LogP contribution in [0.15, 0.2) is 54.6 Å². The average Bonchev–Trinajstić information content (AvgIpc) is 3.39. The molecule has 3 aromatic rings. The normalized spacial score (nSPS) is 14.8. The highest BCUT2D eigenvalue weighted by molar-refractivity contribution is 5.96. The van der Waals surface area contributed by atoms with Gasteiger partial charge in [0.05, 0.1) is 11.0 Å². The van der Waals surface area contributed by atoms with E-state index in [9.17, 15) is 9.59 Å². The number of carbonyl (C=O) groups excluding carboxylic acids is 2. The van der Waals surface area contributed by atoms with Gasteiger partial charge < -0.3 is 15.2 Å². The third kappa shape index (κ3) is 4.61. The summed E-state index contributed by atoms with van der Waals surface area (Å²) in [6, 6.07) is 17.2. The van der Waals surface area contributed by atoms with Crippen molar-refractivity contribution < 1.29 is 9.59 Å². The van der Waals surface area contributed by atoms with Gasteiger partial charge in [0.2, 0.25) is 11.9 Å². The molecule has 4 rings (SSSR count). The predicted molar refractivity (Wildman–Crippen MR) is 127 cm³/mol. The minimum absolute atomic E-state index is 0.0227. The van der Waals surface area contributed by atoms with Crippen molar-refractivity contribution in [2.45, 2.75) is 45.7 Å². The lowest BCUT2D eigenvalue weighted by atomic mass is 9.98.